The maximum atomic E-state index is 13.3. The molecule has 2 heterocycles. The normalized spacial score (nSPS) is 13.4. The lowest BCUT2D eigenvalue weighted by Crippen LogP contribution is -2.21. The van der Waals surface area contributed by atoms with Crippen LogP contribution in [-0.4, -0.2) is 40.2 Å². The predicted octanol–water partition coefficient (Wildman–Crippen LogP) is 4.68. The number of hydrogen-bond acceptors (Lipinski definition) is 6. The number of aromatic amines is 1. The van der Waals surface area contributed by atoms with E-state index in [2.05, 4.69) is 20.6 Å². The van der Waals surface area contributed by atoms with Crippen molar-refractivity contribution in [1.82, 2.24) is 9.97 Å². The van der Waals surface area contributed by atoms with Gasteiger partial charge in [-0.3, -0.25) is 9.59 Å². The highest BCUT2D eigenvalue weighted by Gasteiger charge is 2.38. The molecule has 1 saturated carbocycles. The summed E-state index contributed by atoms with van der Waals surface area (Å²) in [7, 11) is 1.13. The smallest absolute Gasteiger partial charge is 0.490 e. The molecule has 4 N–H and O–H groups in total. The Morgan fingerprint density at radius 1 is 1.11 bits per heavy atom. The van der Waals surface area contributed by atoms with Crippen molar-refractivity contribution < 1.29 is 45.8 Å². The van der Waals surface area contributed by atoms with Crippen LogP contribution in [0.15, 0.2) is 41.3 Å². The number of methoxy groups -OCH3 is 1. The van der Waals surface area contributed by atoms with Crippen molar-refractivity contribution in [3.8, 4) is 5.75 Å². The lowest BCUT2D eigenvalue weighted by Gasteiger charge is -2.18. The van der Waals surface area contributed by atoms with E-state index in [9.17, 15) is 35.9 Å². The number of H-pyrrole nitrogens is 1. The van der Waals surface area contributed by atoms with E-state index in [1.807, 2.05) is 0 Å². The van der Waals surface area contributed by atoms with Gasteiger partial charge < -0.3 is 25.5 Å². The second-order valence-electron chi connectivity index (χ2n) is 7.70. The van der Waals surface area contributed by atoms with Gasteiger partial charge in [0.2, 0.25) is 5.91 Å². The average molecular weight is 532 g/mol. The lowest BCUT2D eigenvalue weighted by molar-refractivity contribution is -0.192. The topological polar surface area (TPSA) is 133 Å². The molecule has 1 fully saturated rings. The quantitative estimate of drug-likeness (QED) is 0.351. The zero-order valence-corrected chi connectivity index (χ0v) is 18.8. The van der Waals surface area contributed by atoms with E-state index < -0.39 is 35.2 Å². The summed E-state index contributed by atoms with van der Waals surface area (Å²) in [4.78, 5) is 40.2. The number of aliphatic carboxylic acids is 1. The maximum absolute atomic E-state index is 13.3. The molecule has 0 aliphatic heterocycles. The Labute approximate surface area is 203 Å². The van der Waals surface area contributed by atoms with Gasteiger partial charge in [-0.15, -0.1) is 0 Å². The number of nitrogens with one attached hydrogen (secondary N) is 3. The number of ether oxygens (including phenoxy) is 1. The van der Waals surface area contributed by atoms with Crippen LogP contribution in [0.3, 0.4) is 0 Å². The molecule has 0 saturated heterocycles. The molecule has 0 atom stereocenters. The molecule has 1 amide bonds. The first-order chi connectivity index (χ1) is 17.2. The van der Waals surface area contributed by atoms with Crippen molar-refractivity contribution in [1.29, 1.82) is 0 Å². The van der Waals surface area contributed by atoms with E-state index in [0.29, 0.717) is 0 Å². The van der Waals surface area contributed by atoms with Crippen LogP contribution in [0.5, 0.6) is 5.75 Å². The van der Waals surface area contributed by atoms with Gasteiger partial charge in [-0.2, -0.15) is 26.3 Å². The fourth-order valence-corrected chi connectivity index (χ4v) is 3.15. The zero-order valence-electron chi connectivity index (χ0n) is 18.8. The fraction of sp³-hybridized carbons (Fsp3) is 0.273. The number of fused-ring (bicyclic) bond motifs is 1. The summed E-state index contributed by atoms with van der Waals surface area (Å²) >= 11 is 0. The van der Waals surface area contributed by atoms with Crippen LogP contribution >= 0.6 is 0 Å². The van der Waals surface area contributed by atoms with Crippen molar-refractivity contribution in [3.63, 3.8) is 0 Å². The number of rotatable bonds is 5. The minimum atomic E-state index is -5.08. The summed E-state index contributed by atoms with van der Waals surface area (Å²) in [6.45, 7) is 0. The molecule has 2 aromatic heterocycles. The van der Waals surface area contributed by atoms with E-state index in [-0.39, 0.29) is 39.9 Å². The molecule has 15 heteroatoms. The zero-order chi connectivity index (χ0) is 27.5. The van der Waals surface area contributed by atoms with Gasteiger partial charge in [-0.25, -0.2) is 9.78 Å². The van der Waals surface area contributed by atoms with Crippen LogP contribution in [0.25, 0.3) is 10.9 Å². The van der Waals surface area contributed by atoms with Crippen LogP contribution in [0.4, 0.5) is 43.5 Å². The Morgan fingerprint density at radius 2 is 1.76 bits per heavy atom. The number of alkyl halides is 6. The Morgan fingerprint density at radius 3 is 2.30 bits per heavy atom. The number of carboxylic acids is 1. The highest BCUT2D eigenvalue weighted by Crippen LogP contribution is 2.41. The Bertz CT molecular complexity index is 1380. The standard InChI is InChI=1S/C20H17F3N4O3.C2HF3O2/c1-30-17-11(20(21,22)23)3-2-4-13(17)25-14-9-15(27-18(28)10-5-6-10)26-12-7-8-24-19(29)16(12)14;3-2(4,5)1(6)7/h2-4,7-10H,5-6H2,1H3,(H,24,29)(H2,25,26,27,28);(H,6,7). The fourth-order valence-electron chi connectivity index (χ4n) is 3.15. The monoisotopic (exact) mass is 532 g/mol. The van der Waals surface area contributed by atoms with Crippen molar-refractivity contribution in [2.45, 2.75) is 25.2 Å². The molecular weight excluding hydrogens is 514 g/mol. The van der Waals surface area contributed by atoms with Crippen LogP contribution in [0.1, 0.15) is 18.4 Å². The predicted molar refractivity (Wildman–Crippen MR) is 119 cm³/mol. The minimum absolute atomic E-state index is 0.0162. The summed E-state index contributed by atoms with van der Waals surface area (Å²) in [6, 6.07) is 6.50. The van der Waals surface area contributed by atoms with Gasteiger partial charge in [-0.05, 0) is 31.0 Å². The highest BCUT2D eigenvalue weighted by molar-refractivity contribution is 5.98. The molecule has 37 heavy (non-hydrogen) atoms. The molecular formula is C22H18F6N4O5. The average Bonchev–Trinajstić information content (AvgIpc) is 3.64. The van der Waals surface area contributed by atoms with Crippen LogP contribution in [0.2, 0.25) is 0 Å². The molecule has 1 aromatic carbocycles. The van der Waals surface area contributed by atoms with Crippen molar-refractivity contribution in [2.75, 3.05) is 17.7 Å². The van der Waals surface area contributed by atoms with E-state index in [1.165, 1.54) is 30.5 Å². The number of carbonyl (C=O) groups excluding carboxylic acids is 1. The number of pyridine rings is 2. The molecule has 9 nitrogen and oxygen atoms in total. The first-order valence-electron chi connectivity index (χ1n) is 10.4. The summed E-state index contributed by atoms with van der Waals surface area (Å²) in [6.07, 6.45) is -6.71. The number of aromatic nitrogens is 2. The Balaban J connectivity index is 0.000000479. The second-order valence-corrected chi connectivity index (χ2v) is 7.70. The number of halogens is 6. The number of nitrogens with zero attached hydrogens (tertiary/aromatic N) is 1. The van der Waals surface area contributed by atoms with Crippen molar-refractivity contribution in [2.24, 2.45) is 5.92 Å². The molecule has 3 aromatic rings. The third-order valence-electron chi connectivity index (χ3n) is 4.97. The first kappa shape index (κ1) is 27.3. The number of hydrogen-bond donors (Lipinski definition) is 4. The third-order valence-corrected chi connectivity index (χ3v) is 4.97. The van der Waals surface area contributed by atoms with E-state index in [4.69, 9.17) is 14.6 Å². The van der Waals surface area contributed by atoms with E-state index in [1.54, 1.807) is 0 Å². The second kappa shape index (κ2) is 10.4. The summed E-state index contributed by atoms with van der Waals surface area (Å²) in [5.41, 5.74) is -0.952. The van der Waals surface area contributed by atoms with Gasteiger partial charge >= 0.3 is 18.3 Å². The molecule has 4 rings (SSSR count). The Kier molecular flexibility index (Phi) is 7.64. The maximum Gasteiger partial charge on any atom is 0.490 e. The molecule has 0 radical (unpaired) electrons. The first-order valence-corrected chi connectivity index (χ1v) is 10.4. The molecule has 1 aliphatic carbocycles. The van der Waals surface area contributed by atoms with Gasteiger partial charge in [0.05, 0.1) is 35.0 Å². The number of anilines is 3. The lowest BCUT2D eigenvalue weighted by atomic mass is 10.1. The Hall–Kier alpha value is -4.30. The van der Waals surface area contributed by atoms with Gasteiger partial charge in [0.15, 0.2) is 5.75 Å². The molecule has 0 bridgehead atoms. The molecule has 198 valence electrons. The van der Waals surface area contributed by atoms with Crippen molar-refractivity contribution in [3.05, 3.63) is 52.4 Å². The number of para-hydroxylation sites is 1. The van der Waals surface area contributed by atoms with Crippen LogP contribution in [0, 0.1) is 5.92 Å². The van der Waals surface area contributed by atoms with Crippen LogP contribution in [-0.2, 0) is 15.8 Å². The summed E-state index contributed by atoms with van der Waals surface area (Å²) in [5, 5.41) is 12.8. The largest absolute Gasteiger partial charge is 0.494 e. The van der Waals surface area contributed by atoms with Gasteiger partial charge in [0.1, 0.15) is 5.82 Å². The third kappa shape index (κ3) is 6.68. The van der Waals surface area contributed by atoms with Gasteiger partial charge in [0, 0.05) is 18.2 Å². The molecule has 1 aliphatic rings. The van der Waals surface area contributed by atoms with E-state index in [0.717, 1.165) is 26.0 Å². The van der Waals surface area contributed by atoms with E-state index >= 15 is 0 Å². The van der Waals surface area contributed by atoms with Gasteiger partial charge in [0.25, 0.3) is 5.56 Å². The number of carboxylic acid groups (broad SMARTS) is 1. The van der Waals surface area contributed by atoms with Crippen LogP contribution < -0.4 is 20.9 Å². The number of carbonyl (C=O) groups is 2. The van der Waals surface area contributed by atoms with Crippen molar-refractivity contribution >= 4 is 40.0 Å². The van der Waals surface area contributed by atoms with Gasteiger partial charge in [-0.1, -0.05) is 6.07 Å². The SMILES string of the molecule is COc1c(Nc2cc(NC(=O)C3CC3)nc3cc[nH]c(=O)c23)cccc1C(F)(F)F.O=C(O)C(F)(F)F. The summed E-state index contributed by atoms with van der Waals surface area (Å²) in [5.74, 6) is -3.23. The summed E-state index contributed by atoms with van der Waals surface area (Å²) < 4.78 is 76.8. The molecule has 0 spiro atoms. The number of amides is 1. The minimum Gasteiger partial charge on any atom is -0.494 e. The number of benzene rings is 1. The molecule has 0 unspecified atom stereocenters. The highest BCUT2D eigenvalue weighted by atomic mass is 19.4.